The fourth-order valence-electron chi connectivity index (χ4n) is 1.99. The van der Waals surface area contributed by atoms with Gasteiger partial charge in [-0.05, 0) is 12.1 Å². The van der Waals surface area contributed by atoms with Crippen LogP contribution in [0.1, 0.15) is 6.42 Å². The number of hydrogen-bond acceptors (Lipinski definition) is 3. The molecule has 0 aliphatic carbocycles. The zero-order valence-corrected chi connectivity index (χ0v) is 19.4. The highest BCUT2D eigenvalue weighted by molar-refractivity contribution is 6.55. The van der Waals surface area contributed by atoms with Gasteiger partial charge in [0.25, 0.3) is 0 Å². The summed E-state index contributed by atoms with van der Waals surface area (Å²) in [5.74, 6) is 1.26. The molecule has 0 aliphatic heterocycles. The first-order valence-corrected chi connectivity index (χ1v) is 10.5. The fraction of sp³-hybridized carbons (Fsp3) is 0.222. The maximum absolute atomic E-state index is 6.21. The molecule has 3 nitrogen and oxygen atoms in total. The van der Waals surface area contributed by atoms with E-state index >= 15 is 0 Å². The molecule has 0 radical (unpaired) electrons. The van der Waals surface area contributed by atoms with Crippen molar-refractivity contribution in [3.63, 3.8) is 0 Å². The molecule has 0 amide bonds. The third kappa shape index (κ3) is 7.46. The van der Waals surface area contributed by atoms with Crippen LogP contribution in [0.3, 0.4) is 0 Å². The minimum atomic E-state index is 0.113. The SMILES string of the molecule is ClC(Cl)=CCOc1cc(Cl)c(OCCCOc2cc(Cl)c(Cl)cc2Cl)c(Cl)c1. The van der Waals surface area contributed by atoms with Gasteiger partial charge in [0.2, 0.25) is 0 Å². The summed E-state index contributed by atoms with van der Waals surface area (Å²) in [7, 11) is 0. The smallest absolute Gasteiger partial charge is 0.156 e. The van der Waals surface area contributed by atoms with E-state index < -0.39 is 0 Å². The minimum absolute atomic E-state index is 0.113. The summed E-state index contributed by atoms with van der Waals surface area (Å²) in [5, 5.41) is 1.74. The lowest BCUT2D eigenvalue weighted by Crippen LogP contribution is -2.06. The lowest BCUT2D eigenvalue weighted by Gasteiger charge is -2.13. The molecule has 0 unspecified atom stereocenters. The number of hydrogen-bond donors (Lipinski definition) is 0. The first-order valence-electron chi connectivity index (χ1n) is 7.81. The molecule has 0 spiro atoms. The second kappa shape index (κ2) is 11.7. The van der Waals surface area contributed by atoms with Gasteiger partial charge in [0.1, 0.15) is 22.6 Å². The van der Waals surface area contributed by atoms with Crippen molar-refractivity contribution in [2.75, 3.05) is 19.8 Å². The number of benzene rings is 2. The fourth-order valence-corrected chi connectivity index (χ4v) is 3.28. The third-order valence-corrected chi connectivity index (χ3v) is 5.11. The molecule has 0 heterocycles. The van der Waals surface area contributed by atoms with Gasteiger partial charge in [0.15, 0.2) is 5.75 Å². The topological polar surface area (TPSA) is 27.7 Å². The van der Waals surface area contributed by atoms with Gasteiger partial charge < -0.3 is 14.2 Å². The Balaban J connectivity index is 1.84. The lowest BCUT2D eigenvalue weighted by molar-refractivity contribution is 0.247. The average molecular weight is 525 g/mol. The molecule has 2 aromatic rings. The van der Waals surface area contributed by atoms with E-state index in [-0.39, 0.29) is 11.1 Å². The predicted molar refractivity (Wildman–Crippen MR) is 119 cm³/mol. The van der Waals surface area contributed by atoms with E-state index in [1.807, 2.05) is 0 Å². The molecular weight excluding hydrogens is 512 g/mol. The van der Waals surface area contributed by atoms with Crippen LogP contribution < -0.4 is 14.2 Å². The summed E-state index contributed by atoms with van der Waals surface area (Å²) < 4.78 is 16.8. The second-order valence-corrected chi connectivity index (χ2v) is 8.31. The Kier molecular flexibility index (Phi) is 9.99. The summed E-state index contributed by atoms with van der Waals surface area (Å²) in [6, 6.07) is 6.26. The molecule has 0 fully saturated rings. The zero-order chi connectivity index (χ0) is 20.7. The highest BCUT2D eigenvalue weighted by Gasteiger charge is 2.11. The van der Waals surface area contributed by atoms with Gasteiger partial charge in [-0.15, -0.1) is 0 Å². The molecule has 2 aromatic carbocycles. The van der Waals surface area contributed by atoms with E-state index in [1.165, 1.54) is 12.1 Å². The van der Waals surface area contributed by atoms with Crippen molar-refractivity contribution in [2.45, 2.75) is 6.42 Å². The second-order valence-electron chi connectivity index (χ2n) is 5.27. The first-order chi connectivity index (χ1) is 13.3. The number of ether oxygens (including phenoxy) is 3. The van der Waals surface area contributed by atoms with Crippen LogP contribution >= 0.6 is 81.2 Å². The van der Waals surface area contributed by atoms with Crippen molar-refractivity contribution < 1.29 is 14.2 Å². The van der Waals surface area contributed by atoms with Crippen LogP contribution in [0.4, 0.5) is 0 Å². The predicted octanol–water partition coefficient (Wildman–Crippen LogP) is 8.50. The van der Waals surface area contributed by atoms with E-state index in [2.05, 4.69) is 0 Å². The van der Waals surface area contributed by atoms with Crippen molar-refractivity contribution in [2.24, 2.45) is 0 Å². The quantitative estimate of drug-likeness (QED) is 0.243. The molecule has 28 heavy (non-hydrogen) atoms. The standard InChI is InChI=1S/C18H13Cl7O3/c19-11-8-13(21)16(9-12(11)20)27-3-1-4-28-18-14(22)6-10(7-15(18)23)26-5-2-17(24)25/h2,6-9H,1,3-5H2. The summed E-state index contributed by atoms with van der Waals surface area (Å²) in [4.78, 5) is 0. The molecule has 0 aromatic heterocycles. The van der Waals surface area contributed by atoms with E-state index in [4.69, 9.17) is 95.4 Å². The highest BCUT2D eigenvalue weighted by Crippen LogP contribution is 2.37. The highest BCUT2D eigenvalue weighted by atomic mass is 35.5. The van der Waals surface area contributed by atoms with Crippen LogP contribution in [0.25, 0.3) is 0 Å². The summed E-state index contributed by atoms with van der Waals surface area (Å²) >= 11 is 41.3. The molecule has 0 saturated heterocycles. The van der Waals surface area contributed by atoms with Crippen molar-refractivity contribution in [3.8, 4) is 17.2 Å². The van der Waals surface area contributed by atoms with Gasteiger partial charge in [0, 0.05) is 24.6 Å². The normalized spacial score (nSPS) is 10.5. The number of rotatable bonds is 9. The average Bonchev–Trinajstić information content (AvgIpc) is 2.60. The van der Waals surface area contributed by atoms with Crippen LogP contribution in [0.2, 0.25) is 25.1 Å². The van der Waals surface area contributed by atoms with Crippen LogP contribution in [0, 0.1) is 0 Å². The van der Waals surface area contributed by atoms with Crippen molar-refractivity contribution >= 4 is 81.2 Å². The minimum Gasteiger partial charge on any atom is -0.492 e. The first kappa shape index (κ1) is 23.9. The largest absolute Gasteiger partial charge is 0.492 e. The maximum Gasteiger partial charge on any atom is 0.156 e. The molecule has 0 atom stereocenters. The zero-order valence-electron chi connectivity index (χ0n) is 14.1. The van der Waals surface area contributed by atoms with E-state index in [0.717, 1.165) is 0 Å². The van der Waals surface area contributed by atoms with Crippen LogP contribution in [-0.4, -0.2) is 19.8 Å². The van der Waals surface area contributed by atoms with Gasteiger partial charge in [-0.25, -0.2) is 0 Å². The Bertz CT molecular complexity index is 828. The van der Waals surface area contributed by atoms with Crippen LogP contribution in [0.5, 0.6) is 17.2 Å². The Morgan fingerprint density at radius 2 is 1.32 bits per heavy atom. The van der Waals surface area contributed by atoms with Crippen molar-refractivity contribution in [1.29, 1.82) is 0 Å². The molecule has 0 aliphatic rings. The molecule has 2 rings (SSSR count). The van der Waals surface area contributed by atoms with E-state index in [9.17, 15) is 0 Å². The van der Waals surface area contributed by atoms with Crippen molar-refractivity contribution in [1.82, 2.24) is 0 Å². The third-order valence-electron chi connectivity index (χ3n) is 3.23. The molecule has 10 heteroatoms. The Hall–Kier alpha value is -0.390. The Labute approximate surface area is 197 Å². The van der Waals surface area contributed by atoms with Gasteiger partial charge >= 0.3 is 0 Å². The van der Waals surface area contributed by atoms with Crippen molar-refractivity contribution in [3.05, 3.63) is 59.9 Å². The van der Waals surface area contributed by atoms with E-state index in [0.29, 0.717) is 62.0 Å². The summed E-state index contributed by atoms with van der Waals surface area (Å²) in [6.45, 7) is 0.854. The monoisotopic (exact) mass is 522 g/mol. The van der Waals surface area contributed by atoms with Gasteiger partial charge in [-0.3, -0.25) is 0 Å². The van der Waals surface area contributed by atoms with Gasteiger partial charge in [-0.2, -0.15) is 0 Å². The Morgan fingerprint density at radius 1 is 0.714 bits per heavy atom. The van der Waals surface area contributed by atoms with E-state index in [1.54, 1.807) is 18.2 Å². The lowest BCUT2D eigenvalue weighted by atomic mass is 10.3. The molecule has 0 N–H and O–H groups in total. The number of halogens is 7. The van der Waals surface area contributed by atoms with Crippen LogP contribution in [-0.2, 0) is 0 Å². The van der Waals surface area contributed by atoms with Gasteiger partial charge in [-0.1, -0.05) is 81.2 Å². The molecule has 0 bridgehead atoms. The Morgan fingerprint density at radius 3 is 1.96 bits per heavy atom. The van der Waals surface area contributed by atoms with Gasteiger partial charge in [0.05, 0.1) is 38.3 Å². The molecular formula is C18H13Cl7O3. The van der Waals surface area contributed by atoms with Crippen LogP contribution in [0.15, 0.2) is 34.8 Å². The molecule has 0 saturated carbocycles. The summed E-state index contributed by atoms with van der Waals surface area (Å²) in [6.07, 6.45) is 2.05. The molecule has 152 valence electrons. The summed E-state index contributed by atoms with van der Waals surface area (Å²) in [5.41, 5.74) is 0. The maximum atomic E-state index is 6.21.